The molecule has 0 radical (unpaired) electrons. The molecule has 3 rings (SSSR count). The predicted octanol–water partition coefficient (Wildman–Crippen LogP) is 3.27. The third-order valence-electron chi connectivity index (χ3n) is 4.68. The van der Waals surface area contributed by atoms with E-state index in [1.54, 1.807) is 37.5 Å². The van der Waals surface area contributed by atoms with E-state index in [4.69, 9.17) is 4.74 Å². The van der Waals surface area contributed by atoms with Crippen LogP contribution in [-0.4, -0.2) is 30.6 Å². The molecule has 0 saturated carbocycles. The lowest BCUT2D eigenvalue weighted by Gasteiger charge is -2.20. The Bertz CT molecular complexity index is 1100. The minimum atomic E-state index is -0.524. The van der Waals surface area contributed by atoms with Gasteiger partial charge in [-0.2, -0.15) is 0 Å². The average Bonchev–Trinajstić information content (AvgIpc) is 2.75. The summed E-state index contributed by atoms with van der Waals surface area (Å²) in [4.78, 5) is 38.7. The first-order chi connectivity index (χ1) is 13.9. The molecule has 0 atom stereocenters. The van der Waals surface area contributed by atoms with Crippen molar-refractivity contribution in [2.45, 2.75) is 13.5 Å². The molecule has 1 amide bonds. The number of rotatable bonds is 5. The van der Waals surface area contributed by atoms with Crippen molar-refractivity contribution in [1.82, 2.24) is 4.57 Å². The highest BCUT2D eigenvalue weighted by molar-refractivity contribution is 6.09. The molecule has 0 fully saturated rings. The van der Waals surface area contributed by atoms with E-state index >= 15 is 0 Å². The van der Waals surface area contributed by atoms with Crippen LogP contribution in [0.5, 0.6) is 0 Å². The number of para-hydroxylation sites is 1. The van der Waals surface area contributed by atoms with Gasteiger partial charge in [-0.3, -0.25) is 9.59 Å². The number of ether oxygens (including phenoxy) is 1. The summed E-state index contributed by atoms with van der Waals surface area (Å²) < 4.78 is 6.30. The number of esters is 1. The summed E-state index contributed by atoms with van der Waals surface area (Å²) >= 11 is 0. The third-order valence-corrected chi connectivity index (χ3v) is 4.68. The Morgan fingerprint density at radius 1 is 1.00 bits per heavy atom. The number of aryl methyl sites for hydroxylation is 1. The monoisotopic (exact) mass is 390 g/mol. The normalized spacial score (nSPS) is 10.4. The Balaban J connectivity index is 1.91. The second kappa shape index (κ2) is 8.56. The highest BCUT2D eigenvalue weighted by Gasteiger charge is 2.20. The summed E-state index contributed by atoms with van der Waals surface area (Å²) in [7, 11) is 2.88. The van der Waals surface area contributed by atoms with Gasteiger partial charge in [-0.1, -0.05) is 42.0 Å². The zero-order valence-corrected chi connectivity index (χ0v) is 16.6. The second-order valence-electron chi connectivity index (χ2n) is 6.74. The fourth-order valence-corrected chi connectivity index (χ4v) is 3.02. The van der Waals surface area contributed by atoms with Crippen molar-refractivity contribution in [3.05, 3.63) is 99.5 Å². The van der Waals surface area contributed by atoms with Crippen LogP contribution in [-0.2, 0) is 11.3 Å². The first-order valence-electron chi connectivity index (χ1n) is 9.12. The van der Waals surface area contributed by atoms with E-state index in [-0.39, 0.29) is 11.5 Å². The van der Waals surface area contributed by atoms with Crippen molar-refractivity contribution in [2.75, 3.05) is 19.1 Å². The van der Waals surface area contributed by atoms with Crippen molar-refractivity contribution < 1.29 is 14.3 Å². The molecular formula is C23H22N2O4. The van der Waals surface area contributed by atoms with Crippen molar-refractivity contribution in [1.29, 1.82) is 0 Å². The molecule has 148 valence electrons. The van der Waals surface area contributed by atoms with Crippen molar-refractivity contribution in [3.8, 4) is 0 Å². The molecule has 3 aromatic rings. The summed E-state index contributed by atoms with van der Waals surface area (Å²) in [5.41, 5.74) is 2.97. The van der Waals surface area contributed by atoms with E-state index in [0.717, 1.165) is 11.1 Å². The molecule has 0 aliphatic heterocycles. The van der Waals surface area contributed by atoms with E-state index in [2.05, 4.69) is 0 Å². The molecule has 29 heavy (non-hydrogen) atoms. The Morgan fingerprint density at radius 2 is 1.69 bits per heavy atom. The van der Waals surface area contributed by atoms with Gasteiger partial charge in [-0.25, -0.2) is 4.79 Å². The first kappa shape index (κ1) is 20.1. The maximum atomic E-state index is 13.0. The van der Waals surface area contributed by atoms with Gasteiger partial charge >= 0.3 is 5.97 Å². The van der Waals surface area contributed by atoms with E-state index in [1.165, 1.54) is 28.7 Å². The van der Waals surface area contributed by atoms with Crippen LogP contribution in [0.25, 0.3) is 0 Å². The molecule has 0 aliphatic rings. The van der Waals surface area contributed by atoms with Crippen LogP contribution < -0.4 is 10.5 Å². The standard InChI is InChI=1S/C23H22N2O4/c1-16-8-10-17(11-9-16)14-25-15-18(12-13-21(25)26)22(27)24(2)20-7-5-4-6-19(20)23(28)29-3/h4-13,15H,14H2,1-3H3. The van der Waals surface area contributed by atoms with Gasteiger partial charge in [0.2, 0.25) is 0 Å². The number of anilines is 1. The van der Waals surface area contributed by atoms with E-state index < -0.39 is 5.97 Å². The van der Waals surface area contributed by atoms with E-state index in [9.17, 15) is 14.4 Å². The number of amides is 1. The number of pyridine rings is 1. The molecule has 0 aliphatic carbocycles. The van der Waals surface area contributed by atoms with Gasteiger partial charge in [0, 0.05) is 19.3 Å². The highest BCUT2D eigenvalue weighted by Crippen LogP contribution is 2.21. The topological polar surface area (TPSA) is 68.6 Å². The van der Waals surface area contributed by atoms with Gasteiger partial charge in [0.1, 0.15) is 0 Å². The number of methoxy groups -OCH3 is 1. The van der Waals surface area contributed by atoms with E-state index in [0.29, 0.717) is 23.4 Å². The molecule has 2 aromatic carbocycles. The fourth-order valence-electron chi connectivity index (χ4n) is 3.02. The Hall–Kier alpha value is -3.67. The second-order valence-corrected chi connectivity index (χ2v) is 6.74. The molecule has 1 heterocycles. The zero-order chi connectivity index (χ0) is 21.0. The SMILES string of the molecule is COC(=O)c1ccccc1N(C)C(=O)c1ccc(=O)n(Cc2ccc(C)cc2)c1. The van der Waals surface area contributed by atoms with Gasteiger partial charge in [-0.05, 0) is 30.7 Å². The lowest BCUT2D eigenvalue weighted by atomic mass is 10.1. The van der Waals surface area contributed by atoms with Crippen molar-refractivity contribution in [3.63, 3.8) is 0 Å². The Kier molecular flexibility index (Phi) is 5.93. The van der Waals surface area contributed by atoms with Crippen LogP contribution in [0.3, 0.4) is 0 Å². The smallest absolute Gasteiger partial charge is 0.339 e. The van der Waals surface area contributed by atoms with Gasteiger partial charge in [0.05, 0.1) is 30.5 Å². The molecule has 0 bridgehead atoms. The van der Waals surface area contributed by atoms with Crippen LogP contribution in [0.1, 0.15) is 31.8 Å². The zero-order valence-electron chi connectivity index (χ0n) is 16.6. The number of carbonyl (C=O) groups is 2. The number of benzene rings is 2. The number of carbonyl (C=O) groups excluding carboxylic acids is 2. The Labute approximate surface area is 169 Å². The van der Waals surface area contributed by atoms with Gasteiger partial charge in [0.25, 0.3) is 11.5 Å². The van der Waals surface area contributed by atoms with Crippen molar-refractivity contribution >= 4 is 17.6 Å². The summed E-state index contributed by atoms with van der Waals surface area (Å²) in [6.45, 7) is 2.36. The number of hydrogen-bond donors (Lipinski definition) is 0. The molecule has 0 unspecified atom stereocenters. The Morgan fingerprint density at radius 3 is 2.38 bits per heavy atom. The summed E-state index contributed by atoms with van der Waals surface area (Å²) in [6, 6.07) is 17.5. The summed E-state index contributed by atoms with van der Waals surface area (Å²) in [6.07, 6.45) is 1.54. The third kappa shape index (κ3) is 4.43. The minimum absolute atomic E-state index is 0.195. The predicted molar refractivity (Wildman–Crippen MR) is 111 cm³/mol. The first-order valence-corrected chi connectivity index (χ1v) is 9.12. The number of hydrogen-bond acceptors (Lipinski definition) is 4. The number of nitrogens with zero attached hydrogens (tertiary/aromatic N) is 2. The van der Waals surface area contributed by atoms with Crippen LogP contribution >= 0.6 is 0 Å². The van der Waals surface area contributed by atoms with Gasteiger partial charge in [-0.15, -0.1) is 0 Å². The van der Waals surface area contributed by atoms with Crippen molar-refractivity contribution in [2.24, 2.45) is 0 Å². The quantitative estimate of drug-likeness (QED) is 0.627. The molecule has 0 N–H and O–H groups in total. The molecular weight excluding hydrogens is 368 g/mol. The summed E-state index contributed by atoms with van der Waals surface area (Å²) in [5.74, 6) is -0.858. The fraction of sp³-hybridized carbons (Fsp3) is 0.174. The molecule has 0 spiro atoms. The highest BCUT2D eigenvalue weighted by atomic mass is 16.5. The molecule has 6 nitrogen and oxygen atoms in total. The largest absolute Gasteiger partial charge is 0.465 e. The minimum Gasteiger partial charge on any atom is -0.465 e. The number of aromatic nitrogens is 1. The lowest BCUT2D eigenvalue weighted by Crippen LogP contribution is -2.30. The van der Waals surface area contributed by atoms with E-state index in [1.807, 2.05) is 31.2 Å². The van der Waals surface area contributed by atoms with Crippen LogP contribution in [0.15, 0.2) is 71.7 Å². The maximum absolute atomic E-state index is 13.0. The van der Waals surface area contributed by atoms with Crippen LogP contribution in [0.4, 0.5) is 5.69 Å². The average molecular weight is 390 g/mol. The lowest BCUT2D eigenvalue weighted by molar-refractivity contribution is 0.0601. The van der Waals surface area contributed by atoms with Crippen LogP contribution in [0, 0.1) is 6.92 Å². The molecule has 1 aromatic heterocycles. The summed E-state index contributed by atoms with van der Waals surface area (Å²) in [5, 5.41) is 0. The van der Waals surface area contributed by atoms with Crippen LogP contribution in [0.2, 0.25) is 0 Å². The molecule has 0 saturated heterocycles. The van der Waals surface area contributed by atoms with Gasteiger partial charge in [0.15, 0.2) is 0 Å². The maximum Gasteiger partial charge on any atom is 0.339 e. The van der Waals surface area contributed by atoms with Gasteiger partial charge < -0.3 is 14.2 Å². The molecule has 6 heteroatoms.